The zero-order chi connectivity index (χ0) is 25.3. The van der Waals surface area contributed by atoms with E-state index in [4.69, 9.17) is 18.9 Å². The summed E-state index contributed by atoms with van der Waals surface area (Å²) in [6, 6.07) is 19.5. The summed E-state index contributed by atoms with van der Waals surface area (Å²) in [7, 11) is 0. The normalized spacial score (nSPS) is 10.4. The van der Waals surface area contributed by atoms with Gasteiger partial charge in [-0.1, -0.05) is 13.2 Å². The van der Waals surface area contributed by atoms with Gasteiger partial charge in [0, 0.05) is 153 Å². The molecular formula is C26H30O8Y4-2. The van der Waals surface area contributed by atoms with E-state index in [9.17, 15) is 19.8 Å². The Morgan fingerprint density at radius 2 is 0.974 bits per heavy atom. The molecule has 2 aromatic rings. The van der Waals surface area contributed by atoms with E-state index in [0.717, 1.165) is 0 Å². The molecule has 0 aliphatic rings. The van der Waals surface area contributed by atoms with Crippen LogP contribution in [0.25, 0.3) is 0 Å². The van der Waals surface area contributed by atoms with Gasteiger partial charge in [0.2, 0.25) is 0 Å². The monoisotopic (exact) mass is 826 g/mol. The average molecular weight is 826 g/mol. The third kappa shape index (κ3) is 23.5. The summed E-state index contributed by atoms with van der Waals surface area (Å²) in [6.07, 6.45) is -1.72. The number of rotatable bonds is 12. The minimum atomic E-state index is -0.859. The summed E-state index contributed by atoms with van der Waals surface area (Å²) < 4.78 is 20.1. The molecule has 2 atom stereocenters. The van der Waals surface area contributed by atoms with Crippen LogP contribution in [0.1, 0.15) is 13.8 Å². The van der Waals surface area contributed by atoms with Gasteiger partial charge in [-0.2, -0.15) is 36.4 Å². The van der Waals surface area contributed by atoms with Crippen molar-refractivity contribution in [2.75, 3.05) is 26.4 Å². The first-order chi connectivity index (χ1) is 16.2. The van der Waals surface area contributed by atoms with Crippen molar-refractivity contribution < 1.29 is 170 Å². The van der Waals surface area contributed by atoms with Crippen LogP contribution in [0.15, 0.2) is 72.8 Å². The van der Waals surface area contributed by atoms with Crippen LogP contribution in [0.3, 0.4) is 0 Å². The van der Waals surface area contributed by atoms with Gasteiger partial charge in [0.15, 0.2) is 0 Å². The van der Waals surface area contributed by atoms with Gasteiger partial charge in [-0.25, -0.2) is 9.59 Å². The molecule has 0 aliphatic heterocycles. The molecule has 2 N–H and O–H groups in total. The number of carbonyl (C=O) groups is 2. The molecule has 2 rings (SSSR count). The Bertz CT molecular complexity index is 838. The molecule has 0 spiro atoms. The fourth-order valence-electron chi connectivity index (χ4n) is 2.01. The van der Waals surface area contributed by atoms with Gasteiger partial charge < -0.3 is 29.2 Å². The van der Waals surface area contributed by atoms with Gasteiger partial charge in [-0.3, -0.25) is 0 Å². The smallest absolute Gasteiger partial charge is 0.333 e. The van der Waals surface area contributed by atoms with Crippen LogP contribution in [0.5, 0.6) is 11.5 Å². The first-order valence-corrected chi connectivity index (χ1v) is 10.4. The van der Waals surface area contributed by atoms with Crippen molar-refractivity contribution in [2.45, 2.75) is 26.1 Å². The van der Waals surface area contributed by atoms with Gasteiger partial charge in [0.05, 0.1) is 0 Å². The molecule has 8 nitrogen and oxygen atoms in total. The Kier molecular flexibility index (Phi) is 33.7. The molecule has 0 saturated heterocycles. The van der Waals surface area contributed by atoms with E-state index in [2.05, 4.69) is 25.3 Å². The minimum Gasteiger partial charge on any atom is -0.516 e. The topological polar surface area (TPSA) is 112 Å². The molecule has 12 heteroatoms. The molecule has 4 radical (unpaired) electrons. The largest absolute Gasteiger partial charge is 0.516 e. The molecule has 0 fully saturated rings. The maximum atomic E-state index is 11.0. The summed E-state index contributed by atoms with van der Waals surface area (Å²) >= 11 is 0. The van der Waals surface area contributed by atoms with Crippen LogP contribution in [0, 0.1) is 12.1 Å². The number of esters is 2. The Morgan fingerprint density at radius 1 is 0.684 bits per heavy atom. The average Bonchev–Trinajstić information content (AvgIpc) is 2.84. The zero-order valence-corrected chi connectivity index (χ0v) is 33.0. The summed E-state index contributed by atoms with van der Waals surface area (Å²) in [4.78, 5) is 22.1. The maximum Gasteiger partial charge on any atom is 0.333 e. The number of aliphatic hydroxyl groups is 2. The van der Waals surface area contributed by atoms with Crippen LogP contribution in [-0.2, 0) is 150 Å². The molecule has 2 aromatic carbocycles. The van der Waals surface area contributed by atoms with Crippen molar-refractivity contribution in [1.82, 2.24) is 0 Å². The number of hydrogen-bond acceptors (Lipinski definition) is 8. The number of carbonyl (C=O) groups excluding carboxylic acids is 2. The van der Waals surface area contributed by atoms with Gasteiger partial charge in [-0.05, 0) is 13.8 Å². The Labute approximate surface area is 325 Å². The van der Waals surface area contributed by atoms with Crippen molar-refractivity contribution in [2.24, 2.45) is 0 Å². The first kappa shape index (κ1) is 45.8. The van der Waals surface area contributed by atoms with E-state index < -0.39 is 24.1 Å². The van der Waals surface area contributed by atoms with Crippen LogP contribution in [0.4, 0.5) is 0 Å². The maximum absolute atomic E-state index is 11.0. The predicted molar refractivity (Wildman–Crippen MR) is 125 cm³/mol. The fraction of sp³-hybridized carbons (Fsp3) is 0.308. The summed E-state index contributed by atoms with van der Waals surface area (Å²) in [5.41, 5.74) is 0.605. The first-order valence-electron chi connectivity index (χ1n) is 10.4. The van der Waals surface area contributed by atoms with Crippen molar-refractivity contribution in [3.63, 3.8) is 0 Å². The molecule has 0 aliphatic carbocycles. The van der Waals surface area contributed by atoms with Crippen LogP contribution in [-0.4, -0.2) is 60.8 Å². The molecule has 0 amide bonds. The number of ether oxygens (including phenoxy) is 4. The molecule has 0 saturated carbocycles. The summed E-state index contributed by atoms with van der Waals surface area (Å²) in [6.45, 7) is 9.88. The Hall–Kier alpha value is 0.796. The predicted octanol–water partition coefficient (Wildman–Crippen LogP) is 2.68. The van der Waals surface area contributed by atoms with Crippen LogP contribution in [0.2, 0.25) is 0 Å². The van der Waals surface area contributed by atoms with Gasteiger partial charge >= 0.3 is 11.9 Å². The van der Waals surface area contributed by atoms with E-state index >= 15 is 0 Å². The summed E-state index contributed by atoms with van der Waals surface area (Å²) in [5.74, 6) is 0.236. The number of hydrogen-bond donors (Lipinski definition) is 2. The fourth-order valence-corrected chi connectivity index (χ4v) is 2.01. The second-order valence-electron chi connectivity index (χ2n) is 7.16. The van der Waals surface area contributed by atoms with Gasteiger partial charge in [0.25, 0.3) is 0 Å². The molecule has 0 aromatic heterocycles. The standard InChI is InChI=1S/2C13H15O4.4Y/c2*1-10(2)13(15)17-9-11(14)8-16-12-6-4-3-5-7-12;;;;/h2*4-7,11,14H,1,8-9H2,2H3;;;;/q2*-1;;;;. The van der Waals surface area contributed by atoms with Crippen molar-refractivity contribution in [3.05, 3.63) is 85.0 Å². The second kappa shape index (κ2) is 27.9. The molecule has 2 unspecified atom stereocenters. The Balaban J connectivity index is -0.000000275. The second-order valence-corrected chi connectivity index (χ2v) is 7.16. The van der Waals surface area contributed by atoms with E-state index in [1.807, 2.05) is 0 Å². The minimum absolute atomic E-state index is 0. The molecule has 38 heavy (non-hydrogen) atoms. The van der Waals surface area contributed by atoms with E-state index in [0.29, 0.717) is 22.6 Å². The molecule has 0 bridgehead atoms. The molecule has 0 heterocycles. The van der Waals surface area contributed by atoms with Crippen LogP contribution >= 0.6 is 0 Å². The quantitative estimate of drug-likeness (QED) is 0.191. The number of benzene rings is 2. The SMILES string of the molecule is C=C(C)C(=O)OCC(O)COc1cc[c-]cc1.C=C(C)C(=O)OCC(O)COc1cc[c-]cc1.[Y].[Y].[Y].[Y]. The zero-order valence-electron chi connectivity index (χ0n) is 21.7. The molecular weight excluding hydrogens is 796 g/mol. The van der Waals surface area contributed by atoms with Crippen molar-refractivity contribution in [3.8, 4) is 11.5 Å². The van der Waals surface area contributed by atoms with E-state index in [1.165, 1.54) is 0 Å². The van der Waals surface area contributed by atoms with Crippen molar-refractivity contribution >= 4 is 11.9 Å². The summed E-state index contributed by atoms with van der Waals surface area (Å²) in [5, 5.41) is 19.0. The van der Waals surface area contributed by atoms with Crippen LogP contribution < -0.4 is 9.47 Å². The number of aliphatic hydroxyl groups excluding tert-OH is 2. The van der Waals surface area contributed by atoms with E-state index in [-0.39, 0.29) is 157 Å². The Morgan fingerprint density at radius 3 is 1.24 bits per heavy atom. The molecule has 196 valence electrons. The van der Waals surface area contributed by atoms with Crippen molar-refractivity contribution in [1.29, 1.82) is 0 Å². The van der Waals surface area contributed by atoms with Gasteiger partial charge in [0.1, 0.15) is 38.6 Å². The van der Waals surface area contributed by atoms with E-state index in [1.54, 1.807) is 62.4 Å². The third-order valence-corrected chi connectivity index (χ3v) is 3.77. The van der Waals surface area contributed by atoms with Gasteiger partial charge in [-0.15, -0.1) is 24.3 Å². The third-order valence-electron chi connectivity index (χ3n) is 3.77.